The molecule has 1 fully saturated rings. The first kappa shape index (κ1) is 11.7. The van der Waals surface area contributed by atoms with Crippen LogP contribution in [0.15, 0.2) is 36.5 Å². The van der Waals surface area contributed by atoms with Crippen molar-refractivity contribution in [1.82, 2.24) is 15.5 Å². The molecule has 4 nitrogen and oxygen atoms in total. The van der Waals surface area contributed by atoms with Crippen LogP contribution in [0.25, 0.3) is 0 Å². The standard InChI is InChI=1S/C16H17N3O/c20-15(14-6-8-18-19-14)17-10-12-9-16(12)7-5-11-3-1-2-4-13(11)16/h1-4,6,8,12H,5,7,9-10H2,(H,17,20)(H,18,19). The van der Waals surface area contributed by atoms with Gasteiger partial charge in [-0.2, -0.15) is 5.10 Å². The van der Waals surface area contributed by atoms with E-state index in [0.717, 1.165) is 6.54 Å². The third-order valence-electron chi connectivity index (χ3n) is 4.88. The molecule has 2 aliphatic rings. The van der Waals surface area contributed by atoms with Crippen molar-refractivity contribution >= 4 is 5.91 Å². The van der Waals surface area contributed by atoms with Gasteiger partial charge in [-0.3, -0.25) is 9.89 Å². The molecule has 0 radical (unpaired) electrons. The number of nitrogens with one attached hydrogen (secondary N) is 2. The largest absolute Gasteiger partial charge is 0.350 e. The number of fused-ring (bicyclic) bond motifs is 2. The van der Waals surface area contributed by atoms with Crippen molar-refractivity contribution < 1.29 is 4.79 Å². The van der Waals surface area contributed by atoms with E-state index >= 15 is 0 Å². The van der Waals surface area contributed by atoms with E-state index in [1.165, 1.54) is 30.4 Å². The zero-order valence-corrected chi connectivity index (χ0v) is 11.2. The molecular formula is C16H17N3O. The maximum atomic E-state index is 11.9. The predicted molar refractivity (Wildman–Crippen MR) is 75.5 cm³/mol. The second-order valence-electron chi connectivity index (χ2n) is 5.89. The molecule has 2 unspecified atom stereocenters. The molecule has 1 saturated carbocycles. The highest BCUT2D eigenvalue weighted by molar-refractivity contribution is 5.92. The second-order valence-corrected chi connectivity index (χ2v) is 5.89. The number of hydrogen-bond acceptors (Lipinski definition) is 2. The third kappa shape index (κ3) is 1.68. The fourth-order valence-corrected chi connectivity index (χ4v) is 3.69. The maximum absolute atomic E-state index is 11.9. The first-order valence-electron chi connectivity index (χ1n) is 7.15. The second kappa shape index (κ2) is 4.20. The van der Waals surface area contributed by atoms with Gasteiger partial charge in [0.15, 0.2) is 0 Å². The smallest absolute Gasteiger partial charge is 0.269 e. The predicted octanol–water partition coefficient (Wildman–Crippen LogP) is 2.04. The topological polar surface area (TPSA) is 57.8 Å². The SMILES string of the molecule is O=C(NCC1CC12CCc1ccccc12)c1ccn[nH]1. The monoisotopic (exact) mass is 267 g/mol. The molecule has 1 amide bonds. The summed E-state index contributed by atoms with van der Waals surface area (Å²) < 4.78 is 0. The molecule has 4 heteroatoms. The van der Waals surface area contributed by atoms with Gasteiger partial charge in [0.2, 0.25) is 0 Å². The summed E-state index contributed by atoms with van der Waals surface area (Å²) in [6.07, 6.45) is 5.21. The van der Waals surface area contributed by atoms with Gasteiger partial charge in [-0.15, -0.1) is 0 Å². The summed E-state index contributed by atoms with van der Waals surface area (Å²) in [6.45, 7) is 0.756. The normalized spacial score (nSPS) is 26.5. The van der Waals surface area contributed by atoms with E-state index < -0.39 is 0 Å². The number of carbonyl (C=O) groups is 1. The van der Waals surface area contributed by atoms with Crippen LogP contribution in [0.5, 0.6) is 0 Å². The van der Waals surface area contributed by atoms with Gasteiger partial charge in [0.05, 0.1) is 0 Å². The number of aryl methyl sites for hydroxylation is 1. The molecule has 4 rings (SSSR count). The molecule has 2 aliphatic carbocycles. The van der Waals surface area contributed by atoms with Crippen molar-refractivity contribution in [3.05, 3.63) is 53.3 Å². The quantitative estimate of drug-likeness (QED) is 0.894. The molecular weight excluding hydrogens is 250 g/mol. The molecule has 2 atom stereocenters. The fourth-order valence-electron chi connectivity index (χ4n) is 3.69. The van der Waals surface area contributed by atoms with Gasteiger partial charge in [-0.05, 0) is 42.4 Å². The van der Waals surface area contributed by atoms with E-state index in [4.69, 9.17) is 0 Å². The molecule has 1 spiro atoms. The summed E-state index contributed by atoms with van der Waals surface area (Å²) in [5.74, 6) is 0.522. The van der Waals surface area contributed by atoms with Crippen LogP contribution in [-0.2, 0) is 11.8 Å². The van der Waals surface area contributed by atoms with Gasteiger partial charge in [0.1, 0.15) is 5.69 Å². The molecule has 1 heterocycles. The van der Waals surface area contributed by atoms with E-state index in [-0.39, 0.29) is 5.91 Å². The minimum atomic E-state index is -0.0594. The number of aromatic amines is 1. The molecule has 2 aromatic rings. The van der Waals surface area contributed by atoms with Crippen molar-refractivity contribution in [2.24, 2.45) is 5.92 Å². The van der Waals surface area contributed by atoms with E-state index in [1.807, 2.05) is 0 Å². The highest BCUT2D eigenvalue weighted by Gasteiger charge is 2.57. The number of amides is 1. The first-order chi connectivity index (χ1) is 9.79. The average molecular weight is 267 g/mol. The number of hydrogen-bond donors (Lipinski definition) is 2. The molecule has 0 aliphatic heterocycles. The molecule has 0 bridgehead atoms. The highest BCUT2D eigenvalue weighted by atomic mass is 16.1. The molecule has 1 aromatic heterocycles. The first-order valence-corrected chi connectivity index (χ1v) is 7.15. The minimum Gasteiger partial charge on any atom is -0.350 e. The van der Waals surface area contributed by atoms with Gasteiger partial charge in [-0.25, -0.2) is 0 Å². The lowest BCUT2D eigenvalue weighted by molar-refractivity contribution is 0.0946. The van der Waals surface area contributed by atoms with Crippen molar-refractivity contribution in [2.75, 3.05) is 6.54 Å². The van der Waals surface area contributed by atoms with Crippen LogP contribution in [0.1, 0.15) is 34.5 Å². The van der Waals surface area contributed by atoms with E-state index in [0.29, 0.717) is 17.0 Å². The summed E-state index contributed by atoms with van der Waals surface area (Å²) in [6, 6.07) is 10.4. The average Bonchev–Trinajstić information content (AvgIpc) is 2.83. The van der Waals surface area contributed by atoms with Crippen LogP contribution in [0, 0.1) is 5.92 Å². The van der Waals surface area contributed by atoms with Gasteiger partial charge >= 0.3 is 0 Å². The number of carbonyl (C=O) groups excluding carboxylic acids is 1. The van der Waals surface area contributed by atoms with Gasteiger partial charge < -0.3 is 5.32 Å². The molecule has 102 valence electrons. The molecule has 0 saturated heterocycles. The zero-order valence-electron chi connectivity index (χ0n) is 11.2. The van der Waals surface area contributed by atoms with E-state index in [1.54, 1.807) is 12.3 Å². The van der Waals surface area contributed by atoms with Crippen LogP contribution in [0.2, 0.25) is 0 Å². The summed E-state index contributed by atoms with van der Waals surface area (Å²) in [7, 11) is 0. The third-order valence-corrected chi connectivity index (χ3v) is 4.88. The van der Waals surface area contributed by atoms with Crippen molar-refractivity contribution in [3.8, 4) is 0 Å². The van der Waals surface area contributed by atoms with E-state index in [2.05, 4.69) is 39.8 Å². The Balaban J connectivity index is 1.43. The lowest BCUT2D eigenvalue weighted by Crippen LogP contribution is -2.27. The molecule has 2 N–H and O–H groups in total. The number of nitrogens with zero attached hydrogens (tertiary/aromatic N) is 1. The van der Waals surface area contributed by atoms with Gasteiger partial charge in [0, 0.05) is 18.2 Å². The summed E-state index contributed by atoms with van der Waals surface area (Å²) in [5.41, 5.74) is 3.89. The Bertz CT molecular complexity index is 650. The van der Waals surface area contributed by atoms with E-state index in [9.17, 15) is 4.79 Å². The van der Waals surface area contributed by atoms with Crippen LogP contribution in [-0.4, -0.2) is 22.6 Å². The number of H-pyrrole nitrogens is 1. The van der Waals surface area contributed by atoms with Crippen LogP contribution >= 0.6 is 0 Å². The van der Waals surface area contributed by atoms with Crippen LogP contribution < -0.4 is 5.32 Å². The maximum Gasteiger partial charge on any atom is 0.269 e. The van der Waals surface area contributed by atoms with Crippen LogP contribution in [0.3, 0.4) is 0 Å². The fraction of sp³-hybridized carbons (Fsp3) is 0.375. The van der Waals surface area contributed by atoms with Crippen LogP contribution in [0.4, 0.5) is 0 Å². The summed E-state index contributed by atoms with van der Waals surface area (Å²) >= 11 is 0. The molecule has 20 heavy (non-hydrogen) atoms. The van der Waals surface area contributed by atoms with Crippen molar-refractivity contribution in [1.29, 1.82) is 0 Å². The lowest BCUT2D eigenvalue weighted by Gasteiger charge is -2.11. The number of rotatable bonds is 3. The van der Waals surface area contributed by atoms with Crippen molar-refractivity contribution in [3.63, 3.8) is 0 Å². The van der Waals surface area contributed by atoms with Gasteiger partial charge in [0.25, 0.3) is 5.91 Å². The summed E-state index contributed by atoms with van der Waals surface area (Å²) in [5, 5.41) is 9.52. The Morgan fingerprint density at radius 3 is 3.15 bits per heavy atom. The zero-order chi connectivity index (χ0) is 13.6. The highest BCUT2D eigenvalue weighted by Crippen LogP contribution is 2.61. The summed E-state index contributed by atoms with van der Waals surface area (Å²) in [4.78, 5) is 11.9. The van der Waals surface area contributed by atoms with Gasteiger partial charge in [-0.1, -0.05) is 24.3 Å². The van der Waals surface area contributed by atoms with Crippen molar-refractivity contribution in [2.45, 2.75) is 24.7 Å². The Morgan fingerprint density at radius 1 is 1.40 bits per heavy atom. The molecule has 1 aromatic carbocycles. The Labute approximate surface area is 117 Å². The Hall–Kier alpha value is -2.10. The lowest BCUT2D eigenvalue weighted by atomic mass is 9.95. The number of aromatic nitrogens is 2. The Morgan fingerprint density at radius 2 is 2.30 bits per heavy atom. The number of benzene rings is 1. The Kier molecular flexibility index (Phi) is 2.46. The minimum absolute atomic E-state index is 0.0594.